The number of nitrogens with one attached hydrogen (secondary N) is 1. The third-order valence-electron chi connectivity index (χ3n) is 6.37. The highest BCUT2D eigenvalue weighted by Gasteiger charge is 2.24. The van der Waals surface area contributed by atoms with E-state index in [0.717, 1.165) is 47.8 Å². The molecular formula is C25H27ClFN3O2. The summed E-state index contributed by atoms with van der Waals surface area (Å²) in [6.07, 6.45) is 5.85. The van der Waals surface area contributed by atoms with Crippen molar-refractivity contribution in [3.63, 3.8) is 0 Å². The number of phenolic OH excluding ortho intramolecular Hbond substituents is 1. The maximum absolute atomic E-state index is 14.1. The number of carbonyl (C=O) groups is 1. The van der Waals surface area contributed by atoms with Gasteiger partial charge in [0, 0.05) is 23.7 Å². The summed E-state index contributed by atoms with van der Waals surface area (Å²) < 4.78 is 14.1. The Morgan fingerprint density at radius 1 is 1.16 bits per heavy atom. The minimum absolute atomic E-state index is 0.0493. The fraction of sp³-hybridized carbons (Fsp3) is 0.360. The molecule has 0 saturated heterocycles. The first-order chi connectivity index (χ1) is 15.2. The highest BCUT2D eigenvalue weighted by atomic mass is 35.5. The molecule has 0 radical (unpaired) electrons. The lowest BCUT2D eigenvalue weighted by atomic mass is 9.90. The van der Waals surface area contributed by atoms with Crippen LogP contribution in [0.25, 0.3) is 22.0 Å². The Morgan fingerprint density at radius 2 is 1.88 bits per heavy atom. The number of aromatic nitrogens is 1. The van der Waals surface area contributed by atoms with Crippen molar-refractivity contribution < 1.29 is 14.3 Å². The van der Waals surface area contributed by atoms with E-state index in [-0.39, 0.29) is 16.8 Å². The van der Waals surface area contributed by atoms with E-state index < -0.39 is 11.6 Å². The van der Waals surface area contributed by atoms with Crippen LogP contribution in [-0.4, -0.2) is 47.0 Å². The largest absolute Gasteiger partial charge is 0.504 e. The summed E-state index contributed by atoms with van der Waals surface area (Å²) in [5.41, 5.74) is 3.31. The molecule has 0 atom stereocenters. The van der Waals surface area contributed by atoms with Gasteiger partial charge in [-0.05, 0) is 82.1 Å². The zero-order valence-electron chi connectivity index (χ0n) is 18.5. The number of benzene rings is 2. The van der Waals surface area contributed by atoms with Gasteiger partial charge in [-0.2, -0.15) is 0 Å². The van der Waals surface area contributed by atoms with E-state index in [4.69, 9.17) is 11.6 Å². The second-order valence-electron chi connectivity index (χ2n) is 8.74. The minimum Gasteiger partial charge on any atom is -0.504 e. The average molecular weight is 456 g/mol. The molecule has 0 bridgehead atoms. The van der Waals surface area contributed by atoms with Crippen molar-refractivity contribution in [2.45, 2.75) is 44.7 Å². The first kappa shape index (κ1) is 22.5. The topological polar surface area (TPSA) is 65.5 Å². The summed E-state index contributed by atoms with van der Waals surface area (Å²) in [6, 6.07) is 9.19. The van der Waals surface area contributed by atoms with E-state index in [2.05, 4.69) is 29.3 Å². The van der Waals surface area contributed by atoms with Gasteiger partial charge in [0.2, 0.25) is 0 Å². The van der Waals surface area contributed by atoms with Crippen molar-refractivity contribution >= 4 is 34.0 Å². The molecule has 2 N–H and O–H groups in total. The second-order valence-corrected chi connectivity index (χ2v) is 9.14. The van der Waals surface area contributed by atoms with Gasteiger partial charge in [0.15, 0.2) is 17.3 Å². The molecule has 5 nitrogen and oxygen atoms in total. The van der Waals surface area contributed by atoms with Crippen molar-refractivity contribution in [3.8, 4) is 16.9 Å². The third-order valence-corrected chi connectivity index (χ3v) is 6.66. The molecule has 1 aliphatic carbocycles. The van der Waals surface area contributed by atoms with Gasteiger partial charge in [0.1, 0.15) is 0 Å². The number of nitrogens with zero attached hydrogens (tertiary/aromatic N) is 2. The Hall–Kier alpha value is -2.70. The molecule has 0 spiro atoms. The summed E-state index contributed by atoms with van der Waals surface area (Å²) in [5.74, 6) is -1.40. The van der Waals surface area contributed by atoms with E-state index in [1.807, 2.05) is 18.2 Å². The predicted octanol–water partition coefficient (Wildman–Crippen LogP) is 5.89. The van der Waals surface area contributed by atoms with Crippen molar-refractivity contribution in [1.82, 2.24) is 9.88 Å². The molecule has 0 amide bonds. The van der Waals surface area contributed by atoms with Crippen LogP contribution in [-0.2, 0) is 0 Å². The van der Waals surface area contributed by atoms with E-state index in [9.17, 15) is 14.3 Å². The highest BCUT2D eigenvalue weighted by molar-refractivity contribution is 6.32. The van der Waals surface area contributed by atoms with Crippen molar-refractivity contribution in [3.05, 3.63) is 52.9 Å². The van der Waals surface area contributed by atoms with E-state index >= 15 is 0 Å². The van der Waals surface area contributed by atoms with Crippen LogP contribution >= 0.6 is 11.6 Å². The number of phenols is 1. The number of carbonyl (C=O) groups excluding carboxylic acids is 1. The van der Waals surface area contributed by atoms with Crippen molar-refractivity contribution in [1.29, 1.82) is 0 Å². The summed E-state index contributed by atoms with van der Waals surface area (Å²) in [4.78, 5) is 19.1. The van der Waals surface area contributed by atoms with Crippen LogP contribution in [0.4, 0.5) is 10.1 Å². The molecule has 2 aromatic carbocycles. The fourth-order valence-corrected chi connectivity index (χ4v) is 4.68. The molecule has 1 saturated carbocycles. The SMILES string of the molecule is CC(=O)c1cnc2ccc(-c3cc(F)c(O)c(Cl)c3)cc2c1N[C@H]1CC[C@H](N(C)C)CC1. The maximum Gasteiger partial charge on any atom is 0.170 e. The number of anilines is 1. The summed E-state index contributed by atoms with van der Waals surface area (Å²) in [6.45, 7) is 1.54. The minimum atomic E-state index is -0.779. The first-order valence-corrected chi connectivity index (χ1v) is 11.2. The molecule has 32 heavy (non-hydrogen) atoms. The Balaban J connectivity index is 1.75. The Kier molecular flexibility index (Phi) is 6.35. The smallest absolute Gasteiger partial charge is 0.170 e. The van der Waals surface area contributed by atoms with Gasteiger partial charge < -0.3 is 15.3 Å². The summed E-state index contributed by atoms with van der Waals surface area (Å²) >= 11 is 5.99. The molecule has 0 unspecified atom stereocenters. The number of pyridine rings is 1. The zero-order valence-corrected chi connectivity index (χ0v) is 19.2. The normalized spacial score (nSPS) is 18.8. The van der Waals surface area contributed by atoms with E-state index in [1.54, 1.807) is 6.20 Å². The number of Topliss-reactive ketones (excluding diaryl/α,β-unsaturated/α-hetero) is 1. The lowest BCUT2D eigenvalue weighted by Gasteiger charge is -2.34. The molecule has 1 aliphatic rings. The highest BCUT2D eigenvalue weighted by Crippen LogP contribution is 2.36. The number of halogens is 2. The average Bonchev–Trinajstić information content (AvgIpc) is 2.77. The molecule has 1 aromatic heterocycles. The van der Waals surface area contributed by atoms with Gasteiger partial charge in [-0.15, -0.1) is 0 Å². The molecule has 4 rings (SSSR count). The first-order valence-electron chi connectivity index (χ1n) is 10.8. The number of hydrogen-bond donors (Lipinski definition) is 2. The quantitative estimate of drug-likeness (QED) is 0.470. The fourth-order valence-electron chi connectivity index (χ4n) is 4.47. The van der Waals surface area contributed by atoms with Crippen LogP contribution in [0.15, 0.2) is 36.5 Å². The van der Waals surface area contributed by atoms with Gasteiger partial charge in [0.25, 0.3) is 0 Å². The van der Waals surface area contributed by atoms with E-state index in [1.165, 1.54) is 19.1 Å². The molecule has 3 aromatic rings. The number of fused-ring (bicyclic) bond motifs is 1. The summed E-state index contributed by atoms with van der Waals surface area (Å²) in [7, 11) is 4.23. The van der Waals surface area contributed by atoms with Gasteiger partial charge in [0.05, 0.1) is 21.8 Å². The Bertz CT molecular complexity index is 1150. The number of rotatable bonds is 5. The summed E-state index contributed by atoms with van der Waals surface area (Å²) in [5, 5.41) is 14.0. The third kappa shape index (κ3) is 4.43. The van der Waals surface area contributed by atoms with E-state index in [0.29, 0.717) is 17.2 Å². The van der Waals surface area contributed by atoms with Gasteiger partial charge in [-0.1, -0.05) is 17.7 Å². The van der Waals surface area contributed by atoms with Crippen LogP contribution in [0.1, 0.15) is 43.0 Å². The lowest BCUT2D eigenvalue weighted by molar-refractivity contribution is 0.101. The monoisotopic (exact) mass is 455 g/mol. The van der Waals surface area contributed by atoms with Crippen LogP contribution < -0.4 is 5.32 Å². The molecule has 1 heterocycles. The zero-order chi connectivity index (χ0) is 23.0. The lowest BCUT2D eigenvalue weighted by Crippen LogP contribution is -2.36. The van der Waals surface area contributed by atoms with Gasteiger partial charge in [-0.25, -0.2) is 4.39 Å². The Morgan fingerprint density at radius 3 is 2.50 bits per heavy atom. The Labute approximate surface area is 192 Å². The number of ketones is 1. The number of aromatic hydroxyl groups is 1. The van der Waals surface area contributed by atoms with Gasteiger partial charge >= 0.3 is 0 Å². The van der Waals surface area contributed by atoms with Crippen LogP contribution in [0.3, 0.4) is 0 Å². The van der Waals surface area contributed by atoms with Crippen LogP contribution in [0.5, 0.6) is 5.75 Å². The molecule has 168 valence electrons. The molecular weight excluding hydrogens is 429 g/mol. The molecule has 1 fully saturated rings. The molecule has 0 aliphatic heterocycles. The van der Waals surface area contributed by atoms with Crippen LogP contribution in [0, 0.1) is 5.82 Å². The number of hydrogen-bond acceptors (Lipinski definition) is 5. The standard InChI is InChI=1S/C25H27ClFN3O2/c1-14(31)20-13-28-23-9-4-15(16-11-21(26)25(32)22(27)12-16)10-19(23)24(20)29-17-5-7-18(8-6-17)30(2)3/h4,9-13,17-18,32H,5-8H2,1-3H3,(H,28,29)/t17-,18-. The van der Waals surface area contributed by atoms with Crippen molar-refractivity contribution in [2.75, 3.05) is 19.4 Å². The molecule has 7 heteroatoms. The predicted molar refractivity (Wildman–Crippen MR) is 127 cm³/mol. The maximum atomic E-state index is 14.1. The van der Waals surface area contributed by atoms with Crippen molar-refractivity contribution in [2.24, 2.45) is 0 Å². The van der Waals surface area contributed by atoms with Crippen LogP contribution in [0.2, 0.25) is 5.02 Å². The second kappa shape index (κ2) is 9.04. The van der Waals surface area contributed by atoms with Gasteiger partial charge in [-0.3, -0.25) is 9.78 Å².